The van der Waals surface area contributed by atoms with Crippen LogP contribution in [0.15, 0.2) is 28.7 Å². The third-order valence-corrected chi connectivity index (χ3v) is 3.90. The molecule has 0 bridgehead atoms. The lowest BCUT2D eigenvalue weighted by molar-refractivity contribution is 0.467. The van der Waals surface area contributed by atoms with E-state index in [0.717, 1.165) is 24.3 Å². The van der Waals surface area contributed by atoms with Crippen LogP contribution in [-0.4, -0.2) is 0 Å². The van der Waals surface area contributed by atoms with Gasteiger partial charge in [0.15, 0.2) is 5.82 Å². The van der Waals surface area contributed by atoms with Crippen LogP contribution in [0.1, 0.15) is 30.8 Å². The van der Waals surface area contributed by atoms with Gasteiger partial charge in [-0.1, -0.05) is 18.5 Å². The molecule has 1 aromatic heterocycles. The minimum Gasteiger partial charge on any atom is -0.464 e. The Bertz CT molecular complexity index is 618. The normalized spacial score (nSPS) is 21.0. The highest BCUT2D eigenvalue weighted by Gasteiger charge is 2.36. The predicted octanol–water partition coefficient (Wildman–Crippen LogP) is 4.95. The summed E-state index contributed by atoms with van der Waals surface area (Å²) >= 11 is 5.81. The van der Waals surface area contributed by atoms with E-state index in [9.17, 15) is 8.78 Å². The highest BCUT2D eigenvalue weighted by Crippen LogP contribution is 2.47. The Balaban J connectivity index is 1.69. The molecule has 1 aliphatic carbocycles. The summed E-state index contributed by atoms with van der Waals surface area (Å²) in [6, 6.07) is 5.69. The number of halogens is 3. The molecule has 0 amide bonds. The van der Waals surface area contributed by atoms with Gasteiger partial charge in [0.25, 0.3) is 0 Å². The standard InChI is InChI=1S/C15H14ClF2NO/c1-8-4-11(8)14-3-2-10(20-14)7-19-15-12(16)5-9(17)6-13(15)18/h2-3,5-6,8,11,19H,4,7H2,1H3. The van der Waals surface area contributed by atoms with E-state index in [1.54, 1.807) is 0 Å². The van der Waals surface area contributed by atoms with Crippen molar-refractivity contribution in [3.8, 4) is 0 Å². The molecule has 0 saturated heterocycles. The van der Waals surface area contributed by atoms with Crippen molar-refractivity contribution in [3.05, 3.63) is 52.4 Å². The monoisotopic (exact) mass is 297 g/mol. The van der Waals surface area contributed by atoms with Crippen molar-refractivity contribution in [1.29, 1.82) is 0 Å². The van der Waals surface area contributed by atoms with Crippen LogP contribution in [0.3, 0.4) is 0 Å². The first kappa shape index (κ1) is 13.4. The van der Waals surface area contributed by atoms with Crippen LogP contribution in [0.5, 0.6) is 0 Å². The number of benzene rings is 1. The number of hydrogen-bond donors (Lipinski definition) is 1. The van der Waals surface area contributed by atoms with E-state index in [2.05, 4.69) is 12.2 Å². The first-order valence-electron chi connectivity index (χ1n) is 6.51. The zero-order valence-electron chi connectivity index (χ0n) is 10.9. The van der Waals surface area contributed by atoms with E-state index in [-0.39, 0.29) is 10.7 Å². The van der Waals surface area contributed by atoms with Gasteiger partial charge in [-0.05, 0) is 30.5 Å². The Morgan fingerprint density at radius 3 is 2.75 bits per heavy atom. The van der Waals surface area contributed by atoms with Gasteiger partial charge in [-0.25, -0.2) is 8.78 Å². The molecule has 1 fully saturated rings. The maximum Gasteiger partial charge on any atom is 0.150 e. The van der Waals surface area contributed by atoms with Gasteiger partial charge in [-0.3, -0.25) is 0 Å². The minimum absolute atomic E-state index is 0.0186. The Morgan fingerprint density at radius 2 is 2.10 bits per heavy atom. The van der Waals surface area contributed by atoms with E-state index >= 15 is 0 Å². The summed E-state index contributed by atoms with van der Waals surface area (Å²) in [6.07, 6.45) is 1.15. The molecule has 1 heterocycles. The van der Waals surface area contributed by atoms with Crippen LogP contribution in [-0.2, 0) is 6.54 Å². The van der Waals surface area contributed by atoms with Crippen molar-refractivity contribution in [2.24, 2.45) is 5.92 Å². The average Bonchev–Trinajstić information content (AvgIpc) is 2.92. The molecule has 2 atom stereocenters. The van der Waals surface area contributed by atoms with Gasteiger partial charge >= 0.3 is 0 Å². The van der Waals surface area contributed by atoms with E-state index in [1.165, 1.54) is 0 Å². The van der Waals surface area contributed by atoms with Gasteiger partial charge in [-0.2, -0.15) is 0 Å². The Hall–Kier alpha value is -1.55. The molecule has 0 spiro atoms. The van der Waals surface area contributed by atoms with Crippen LogP contribution in [0.25, 0.3) is 0 Å². The van der Waals surface area contributed by atoms with Gasteiger partial charge in [0.05, 0.1) is 17.3 Å². The molecule has 106 valence electrons. The number of nitrogens with one attached hydrogen (secondary N) is 1. The van der Waals surface area contributed by atoms with Crippen molar-refractivity contribution in [3.63, 3.8) is 0 Å². The summed E-state index contributed by atoms with van der Waals surface area (Å²) in [5.74, 6) is 1.46. The van der Waals surface area contributed by atoms with Crippen LogP contribution >= 0.6 is 11.6 Å². The number of hydrogen-bond acceptors (Lipinski definition) is 2. The fraction of sp³-hybridized carbons (Fsp3) is 0.333. The lowest BCUT2D eigenvalue weighted by atomic mass is 10.2. The molecule has 2 unspecified atom stereocenters. The predicted molar refractivity (Wildman–Crippen MR) is 73.9 cm³/mol. The average molecular weight is 298 g/mol. The molecule has 5 heteroatoms. The van der Waals surface area contributed by atoms with Gasteiger partial charge in [0.2, 0.25) is 0 Å². The Morgan fingerprint density at radius 1 is 1.35 bits per heavy atom. The zero-order chi connectivity index (χ0) is 14.3. The SMILES string of the molecule is CC1CC1c1ccc(CNc2c(F)cc(F)cc2Cl)o1. The van der Waals surface area contributed by atoms with Crippen LogP contribution < -0.4 is 5.32 Å². The lowest BCUT2D eigenvalue weighted by Crippen LogP contribution is -2.02. The second-order valence-corrected chi connectivity index (χ2v) is 5.63. The van der Waals surface area contributed by atoms with E-state index in [0.29, 0.717) is 24.1 Å². The van der Waals surface area contributed by atoms with Crippen molar-refractivity contribution >= 4 is 17.3 Å². The van der Waals surface area contributed by atoms with Gasteiger partial charge in [-0.15, -0.1) is 0 Å². The third kappa shape index (κ3) is 2.66. The molecule has 1 aliphatic rings. The fourth-order valence-electron chi connectivity index (χ4n) is 2.29. The minimum atomic E-state index is -0.711. The van der Waals surface area contributed by atoms with Crippen molar-refractivity contribution < 1.29 is 13.2 Å². The second-order valence-electron chi connectivity index (χ2n) is 5.22. The molecule has 1 aromatic carbocycles. The third-order valence-electron chi connectivity index (χ3n) is 3.60. The Kier molecular flexibility index (Phi) is 3.42. The first-order chi connectivity index (χ1) is 9.54. The van der Waals surface area contributed by atoms with Crippen molar-refractivity contribution in [2.75, 3.05) is 5.32 Å². The molecule has 3 rings (SSSR count). The molecular weight excluding hydrogens is 284 g/mol. The lowest BCUT2D eigenvalue weighted by Gasteiger charge is -2.08. The van der Waals surface area contributed by atoms with Gasteiger partial charge in [0.1, 0.15) is 17.3 Å². The van der Waals surface area contributed by atoms with Crippen molar-refractivity contribution in [2.45, 2.75) is 25.8 Å². The molecule has 1 N–H and O–H groups in total. The van der Waals surface area contributed by atoms with Gasteiger partial charge in [0, 0.05) is 12.0 Å². The molecular formula is C15H14ClF2NO. The maximum atomic E-state index is 13.6. The largest absolute Gasteiger partial charge is 0.464 e. The summed E-state index contributed by atoms with van der Waals surface area (Å²) < 4.78 is 32.2. The van der Waals surface area contributed by atoms with Crippen LogP contribution in [0.2, 0.25) is 5.02 Å². The number of furan rings is 1. The summed E-state index contributed by atoms with van der Waals surface area (Å²) in [5, 5.41) is 2.86. The smallest absolute Gasteiger partial charge is 0.150 e. The van der Waals surface area contributed by atoms with Crippen LogP contribution in [0.4, 0.5) is 14.5 Å². The Labute approximate surface area is 120 Å². The summed E-state index contributed by atoms with van der Waals surface area (Å²) in [5.41, 5.74) is 0.0887. The number of rotatable bonds is 4. The summed E-state index contributed by atoms with van der Waals surface area (Å²) in [6.45, 7) is 2.49. The van der Waals surface area contributed by atoms with Crippen LogP contribution in [0, 0.1) is 17.6 Å². The number of anilines is 1. The van der Waals surface area contributed by atoms with E-state index < -0.39 is 11.6 Å². The quantitative estimate of drug-likeness (QED) is 0.864. The van der Waals surface area contributed by atoms with Gasteiger partial charge < -0.3 is 9.73 Å². The topological polar surface area (TPSA) is 25.2 Å². The first-order valence-corrected chi connectivity index (χ1v) is 6.89. The van der Waals surface area contributed by atoms with Crippen molar-refractivity contribution in [1.82, 2.24) is 0 Å². The zero-order valence-corrected chi connectivity index (χ0v) is 11.7. The molecule has 20 heavy (non-hydrogen) atoms. The molecule has 1 saturated carbocycles. The summed E-state index contributed by atoms with van der Waals surface area (Å²) in [4.78, 5) is 0. The summed E-state index contributed by atoms with van der Waals surface area (Å²) in [7, 11) is 0. The molecule has 0 radical (unpaired) electrons. The fourth-order valence-corrected chi connectivity index (χ4v) is 2.56. The molecule has 2 aromatic rings. The van der Waals surface area contributed by atoms with E-state index in [4.69, 9.17) is 16.0 Å². The second kappa shape index (κ2) is 5.09. The highest BCUT2D eigenvalue weighted by atomic mass is 35.5. The van der Waals surface area contributed by atoms with E-state index in [1.807, 2.05) is 12.1 Å². The molecule has 2 nitrogen and oxygen atoms in total. The highest BCUT2D eigenvalue weighted by molar-refractivity contribution is 6.33. The maximum absolute atomic E-state index is 13.6. The molecule has 0 aliphatic heterocycles.